The number of nitrogens with zero attached hydrogens (tertiary/aromatic N) is 1. The minimum absolute atomic E-state index is 0. The zero-order valence-electron chi connectivity index (χ0n) is 7.31. The molecule has 0 aliphatic carbocycles. The number of aromatic amines is 1. The molecule has 1 rings (SSSR count). The third kappa shape index (κ3) is 5.13. The van der Waals surface area contributed by atoms with Gasteiger partial charge in [-0.3, -0.25) is 4.79 Å². The second kappa shape index (κ2) is 6.59. The van der Waals surface area contributed by atoms with Crippen molar-refractivity contribution in [2.75, 3.05) is 5.75 Å². The molecule has 8 heteroatoms. The fourth-order valence-electron chi connectivity index (χ4n) is 0.619. The van der Waals surface area contributed by atoms with Gasteiger partial charge in [-0.25, -0.2) is 0 Å². The van der Waals surface area contributed by atoms with Crippen LogP contribution in [0, 0.1) is 0 Å². The minimum atomic E-state index is -1.27. The van der Waals surface area contributed by atoms with Gasteiger partial charge in [0.05, 0.1) is 12.0 Å². The molecule has 0 aromatic carbocycles. The van der Waals surface area contributed by atoms with Gasteiger partial charge in [-0.05, 0) is 0 Å². The molecule has 6 nitrogen and oxygen atoms in total. The fourth-order valence-corrected chi connectivity index (χ4v) is 1.20. The summed E-state index contributed by atoms with van der Waals surface area (Å²) in [5.74, 6) is -2.03. The third-order valence-corrected chi connectivity index (χ3v) is 1.88. The van der Waals surface area contributed by atoms with Gasteiger partial charge in [0.25, 0.3) is 5.56 Å². The normalized spacial score (nSPS) is 9.14. The summed E-state index contributed by atoms with van der Waals surface area (Å²) in [5, 5.41) is 18.9. The van der Waals surface area contributed by atoms with E-state index in [4.69, 9.17) is 5.11 Å². The van der Waals surface area contributed by atoms with Crippen LogP contribution in [-0.4, -0.2) is 26.8 Å². The van der Waals surface area contributed by atoms with E-state index >= 15 is 0 Å². The molecule has 0 unspecified atom stereocenters. The van der Waals surface area contributed by atoms with Crippen molar-refractivity contribution in [3.8, 4) is 5.88 Å². The molecule has 0 aliphatic rings. The molecular formula is C6H5KN2O4S. The second-order valence-electron chi connectivity index (χ2n) is 2.07. The number of carboxylic acids is 1. The molecule has 0 spiro atoms. The van der Waals surface area contributed by atoms with Crippen LogP contribution in [0.4, 0.5) is 0 Å². The molecule has 2 N–H and O–H groups in total. The summed E-state index contributed by atoms with van der Waals surface area (Å²) in [4.78, 5) is 26.5. The number of aromatic nitrogens is 2. The summed E-state index contributed by atoms with van der Waals surface area (Å²) in [6, 6.07) is 0.892. The van der Waals surface area contributed by atoms with Gasteiger partial charge in [-0.1, -0.05) is 11.8 Å². The van der Waals surface area contributed by atoms with Gasteiger partial charge in [0.15, 0.2) is 5.16 Å². The van der Waals surface area contributed by atoms with Crippen molar-refractivity contribution in [2.24, 2.45) is 0 Å². The quantitative estimate of drug-likeness (QED) is 0.312. The smallest absolute Gasteiger partial charge is 0.549 e. The Kier molecular flexibility index (Phi) is 6.65. The molecule has 0 fully saturated rings. The Morgan fingerprint density at radius 2 is 2.36 bits per heavy atom. The molecule has 1 aromatic rings. The monoisotopic (exact) mass is 240 g/mol. The topological polar surface area (TPSA) is 106 Å². The molecule has 1 aromatic heterocycles. The number of carbonyl (C=O) groups excluding carboxylic acids is 1. The van der Waals surface area contributed by atoms with E-state index in [9.17, 15) is 14.7 Å². The minimum Gasteiger partial charge on any atom is -0.549 e. The summed E-state index contributed by atoms with van der Waals surface area (Å²) >= 11 is 0.768. The molecule has 0 saturated carbocycles. The predicted octanol–water partition coefficient (Wildman–Crippen LogP) is -4.68. The number of aliphatic carboxylic acids is 1. The molecule has 0 amide bonds. The molecule has 0 aliphatic heterocycles. The average molecular weight is 240 g/mol. The SMILES string of the molecule is O=C([O-])CSc1nc(O)cc(=O)[nH]1.[K+]. The fraction of sp³-hybridized carbons (Fsp3) is 0.167. The van der Waals surface area contributed by atoms with Crippen LogP contribution in [0.15, 0.2) is 16.0 Å². The number of H-pyrrole nitrogens is 1. The summed E-state index contributed by atoms with van der Waals surface area (Å²) < 4.78 is 0. The maximum atomic E-state index is 10.7. The van der Waals surface area contributed by atoms with Crippen LogP contribution >= 0.6 is 11.8 Å². The molecule has 1 heterocycles. The van der Waals surface area contributed by atoms with Crippen molar-refractivity contribution in [3.05, 3.63) is 16.4 Å². The van der Waals surface area contributed by atoms with Crippen LogP contribution in [0.25, 0.3) is 0 Å². The van der Waals surface area contributed by atoms with Gasteiger partial charge in [0.1, 0.15) is 0 Å². The Bertz CT molecular complexity index is 380. The van der Waals surface area contributed by atoms with Crippen molar-refractivity contribution < 1.29 is 66.4 Å². The average Bonchev–Trinajstić information content (AvgIpc) is 1.99. The maximum absolute atomic E-state index is 10.7. The van der Waals surface area contributed by atoms with E-state index in [2.05, 4.69) is 9.97 Å². The van der Waals surface area contributed by atoms with Crippen molar-refractivity contribution >= 4 is 17.7 Å². The van der Waals surface area contributed by atoms with Gasteiger partial charge in [0, 0.05) is 5.75 Å². The molecule has 0 bridgehead atoms. The number of rotatable bonds is 3. The number of carbonyl (C=O) groups is 1. The summed E-state index contributed by atoms with van der Waals surface area (Å²) in [7, 11) is 0. The summed E-state index contributed by atoms with van der Waals surface area (Å²) in [6.07, 6.45) is 0. The van der Waals surface area contributed by atoms with Gasteiger partial charge in [-0.15, -0.1) is 0 Å². The molecule has 0 atom stereocenters. The Balaban J connectivity index is 0.00000169. The first kappa shape index (κ1) is 14.1. The van der Waals surface area contributed by atoms with Gasteiger partial charge >= 0.3 is 51.4 Å². The van der Waals surface area contributed by atoms with Crippen LogP contribution in [0.2, 0.25) is 0 Å². The zero-order valence-corrected chi connectivity index (χ0v) is 11.3. The van der Waals surface area contributed by atoms with Crippen LogP contribution in [0.5, 0.6) is 5.88 Å². The van der Waals surface area contributed by atoms with Crippen LogP contribution in [0.3, 0.4) is 0 Å². The van der Waals surface area contributed by atoms with E-state index in [1.54, 1.807) is 0 Å². The van der Waals surface area contributed by atoms with Crippen LogP contribution < -0.4 is 62.1 Å². The zero-order chi connectivity index (χ0) is 9.84. The molecule has 0 saturated heterocycles. The van der Waals surface area contributed by atoms with Crippen molar-refractivity contribution in [1.29, 1.82) is 0 Å². The van der Waals surface area contributed by atoms with E-state index in [-0.39, 0.29) is 62.3 Å². The van der Waals surface area contributed by atoms with Crippen molar-refractivity contribution in [3.63, 3.8) is 0 Å². The summed E-state index contributed by atoms with van der Waals surface area (Å²) in [6.45, 7) is 0. The summed E-state index contributed by atoms with van der Waals surface area (Å²) in [5.41, 5.74) is -0.534. The Morgan fingerprint density at radius 3 is 2.86 bits per heavy atom. The maximum Gasteiger partial charge on any atom is 1.00 e. The Labute approximate surface area is 126 Å². The van der Waals surface area contributed by atoms with E-state index in [0.29, 0.717) is 0 Å². The van der Waals surface area contributed by atoms with Crippen LogP contribution in [-0.2, 0) is 4.79 Å². The molecule has 14 heavy (non-hydrogen) atoms. The van der Waals surface area contributed by atoms with Gasteiger partial charge < -0.3 is 20.0 Å². The number of hydrogen-bond acceptors (Lipinski definition) is 6. The number of thioether (sulfide) groups is 1. The van der Waals surface area contributed by atoms with E-state index in [1.807, 2.05) is 0 Å². The Hall–Kier alpha value is 0.136. The Morgan fingerprint density at radius 1 is 1.71 bits per heavy atom. The first-order valence-corrected chi connectivity index (χ1v) is 4.19. The third-order valence-electron chi connectivity index (χ3n) is 1.03. The van der Waals surface area contributed by atoms with Gasteiger partial charge in [0.2, 0.25) is 5.88 Å². The van der Waals surface area contributed by atoms with Crippen molar-refractivity contribution in [2.45, 2.75) is 5.16 Å². The number of nitrogens with one attached hydrogen (secondary N) is 1. The first-order valence-electron chi connectivity index (χ1n) is 3.21. The molecule has 0 radical (unpaired) electrons. The van der Waals surface area contributed by atoms with E-state index < -0.39 is 17.4 Å². The second-order valence-corrected chi connectivity index (χ2v) is 3.03. The standard InChI is InChI=1S/C6H6N2O4S.K/c9-3-1-4(10)8-6(7-3)13-2-5(11)12;/h1H,2H2,(H,11,12)(H2,7,8,9,10);/q;+1/p-1. The largest absolute Gasteiger partial charge is 1.00 e. The number of carboxylic acid groups (broad SMARTS) is 1. The number of aromatic hydroxyl groups is 1. The van der Waals surface area contributed by atoms with Gasteiger partial charge in [-0.2, -0.15) is 4.98 Å². The van der Waals surface area contributed by atoms with E-state index in [0.717, 1.165) is 17.8 Å². The predicted molar refractivity (Wildman–Crippen MR) is 42.3 cm³/mol. The molecule has 70 valence electrons. The van der Waals surface area contributed by atoms with E-state index in [1.165, 1.54) is 0 Å². The van der Waals surface area contributed by atoms with Crippen molar-refractivity contribution in [1.82, 2.24) is 9.97 Å². The number of hydrogen-bond donors (Lipinski definition) is 2. The molecular weight excluding hydrogens is 235 g/mol. The first-order chi connectivity index (χ1) is 6.08. The van der Waals surface area contributed by atoms with Crippen LogP contribution in [0.1, 0.15) is 0 Å².